The molecule has 6 N–H and O–H groups in total. The van der Waals surface area contributed by atoms with E-state index >= 15 is 0 Å². The molecule has 350 valence electrons. The normalized spacial score (nSPS) is 10.6. The second-order valence-corrected chi connectivity index (χ2v) is 14.5. The molecule has 0 radical (unpaired) electrons. The van der Waals surface area contributed by atoms with Gasteiger partial charge in [-0.1, -0.05) is 35.5 Å². The molecule has 0 aliphatic carbocycles. The Morgan fingerprint density at radius 2 is 1.24 bits per heavy atom. The van der Waals surface area contributed by atoms with Gasteiger partial charge in [0.2, 0.25) is 11.7 Å². The van der Waals surface area contributed by atoms with Gasteiger partial charge in [0.15, 0.2) is 0 Å². The Bertz CT molecular complexity index is 2670. The van der Waals surface area contributed by atoms with Crippen LogP contribution in [0.25, 0.3) is 0 Å². The van der Waals surface area contributed by atoms with Gasteiger partial charge in [-0.25, -0.2) is 14.0 Å². The molecule has 0 atom stereocenters. The quantitative estimate of drug-likeness (QED) is 0.0428. The maximum absolute atomic E-state index is 13.6. The van der Waals surface area contributed by atoms with E-state index in [1.54, 1.807) is 80.7 Å². The Hall–Kier alpha value is -8.75. The zero-order chi connectivity index (χ0) is 49.3. The summed E-state index contributed by atoms with van der Waals surface area (Å²) in [4.78, 5) is 69.2. The van der Waals surface area contributed by atoms with Crippen LogP contribution in [0.2, 0.25) is 0 Å². The first-order chi connectivity index (χ1) is 31.6. The summed E-state index contributed by atoms with van der Waals surface area (Å²) in [5.74, 6) is -4.79. The predicted molar refractivity (Wildman–Crippen MR) is 237 cm³/mol. The third kappa shape index (κ3) is 16.7. The van der Waals surface area contributed by atoms with Crippen molar-refractivity contribution in [3.8, 4) is 17.2 Å². The first kappa shape index (κ1) is 50.9. The zero-order valence-corrected chi connectivity index (χ0v) is 36.1. The summed E-state index contributed by atoms with van der Waals surface area (Å²) in [7, 11) is 1.23. The molecule has 0 saturated heterocycles. The lowest BCUT2D eigenvalue weighted by Crippen LogP contribution is -2.30. The third-order valence-corrected chi connectivity index (χ3v) is 8.02. The highest BCUT2D eigenvalue weighted by Gasteiger charge is 2.39. The van der Waals surface area contributed by atoms with E-state index < -0.39 is 47.4 Å². The van der Waals surface area contributed by atoms with Crippen molar-refractivity contribution in [2.24, 2.45) is 0 Å². The molecule has 1 aromatic heterocycles. The maximum atomic E-state index is 13.6. The van der Waals surface area contributed by atoms with E-state index in [1.165, 1.54) is 87.0 Å². The first-order valence-electron chi connectivity index (χ1n) is 19.4. The standard InChI is InChI=1S/C20H14FNO4.C15H17N3O4.C11H11F3N2O3/c21-17-9-5-4-8-15(17)19(24)22-13-10-11-16(18(23)12-13)20(25)26-14-6-2-1-3-7-14;1-15(2,3)21-14(20)18-11-6-4-10(5-7-11)17-13(19)12-8-9-16-22-12;1-6(17)15-7-3-4-8(9(5-7)19-2)16-10(18)11(12,13)14/h1-12,23H,(H,22,24);4-9H,1-3H3,(H,17,19)(H,18,20);3-5H,1-2H3,(H,15,17)(H,16,18). The van der Waals surface area contributed by atoms with Gasteiger partial charge in [0, 0.05) is 47.9 Å². The van der Waals surface area contributed by atoms with Crippen molar-refractivity contribution in [2.45, 2.75) is 39.5 Å². The largest absolute Gasteiger partial charge is 0.507 e. The van der Waals surface area contributed by atoms with E-state index in [9.17, 15) is 51.4 Å². The smallest absolute Gasteiger partial charge is 0.471 e. The third-order valence-electron chi connectivity index (χ3n) is 8.02. The summed E-state index contributed by atoms with van der Waals surface area (Å²) < 4.78 is 69.9. The molecule has 0 aliphatic heterocycles. The van der Waals surface area contributed by atoms with Crippen molar-refractivity contribution in [2.75, 3.05) is 33.7 Å². The average Bonchev–Trinajstić information content (AvgIpc) is 3.81. The second-order valence-electron chi connectivity index (χ2n) is 14.5. The summed E-state index contributed by atoms with van der Waals surface area (Å²) in [6.07, 6.45) is -4.13. The minimum atomic E-state index is -4.98. The molecular weight excluding hydrogens is 889 g/mol. The van der Waals surface area contributed by atoms with E-state index in [0.717, 1.165) is 0 Å². The summed E-state index contributed by atoms with van der Waals surface area (Å²) in [5, 5.41) is 25.3. The number of nitrogens with one attached hydrogen (secondary N) is 5. The lowest BCUT2D eigenvalue weighted by atomic mass is 10.1. The molecule has 5 aromatic carbocycles. The molecule has 17 nitrogen and oxygen atoms in total. The van der Waals surface area contributed by atoms with Crippen LogP contribution in [-0.4, -0.2) is 64.8 Å². The van der Waals surface area contributed by atoms with Crippen molar-refractivity contribution in [1.82, 2.24) is 5.16 Å². The second kappa shape index (κ2) is 23.3. The van der Waals surface area contributed by atoms with Gasteiger partial charge in [-0.05, 0) is 93.6 Å². The van der Waals surface area contributed by atoms with E-state index in [0.29, 0.717) is 22.8 Å². The molecule has 0 unspecified atom stereocenters. The lowest BCUT2D eigenvalue weighted by Gasteiger charge is -2.19. The van der Waals surface area contributed by atoms with Crippen molar-refractivity contribution >= 4 is 64.1 Å². The fourth-order valence-electron chi connectivity index (χ4n) is 5.13. The molecule has 1 heterocycles. The number of phenols is 1. The van der Waals surface area contributed by atoms with Crippen LogP contribution in [0.5, 0.6) is 17.2 Å². The van der Waals surface area contributed by atoms with Gasteiger partial charge in [0.25, 0.3) is 11.8 Å². The van der Waals surface area contributed by atoms with E-state index in [1.807, 2.05) is 0 Å². The number of halogens is 4. The summed E-state index contributed by atoms with van der Waals surface area (Å²) in [5.41, 5.74) is 0.801. The van der Waals surface area contributed by atoms with Crippen LogP contribution < -0.4 is 36.1 Å². The highest BCUT2D eigenvalue weighted by molar-refractivity contribution is 6.05. The van der Waals surface area contributed by atoms with Crippen LogP contribution in [0.15, 0.2) is 132 Å². The Balaban J connectivity index is 0.000000223. The number of carbonyl (C=O) groups is 6. The number of methoxy groups -OCH3 is 1. The lowest BCUT2D eigenvalue weighted by molar-refractivity contribution is -0.167. The van der Waals surface area contributed by atoms with Gasteiger partial charge in [-0.2, -0.15) is 13.2 Å². The number of phenolic OH excluding ortho intramolecular Hbond substituents is 1. The van der Waals surface area contributed by atoms with Crippen molar-refractivity contribution in [1.29, 1.82) is 0 Å². The summed E-state index contributed by atoms with van der Waals surface area (Å²) in [6.45, 7) is 6.64. The topological polar surface area (TPSA) is 237 Å². The average molecular weight is 931 g/mol. The number of benzene rings is 5. The highest BCUT2D eigenvalue weighted by Crippen LogP contribution is 2.30. The number of amides is 5. The first-order valence-corrected chi connectivity index (χ1v) is 19.4. The molecular formula is C46H42F4N6O11. The fourth-order valence-corrected chi connectivity index (χ4v) is 5.13. The number of aromatic nitrogens is 1. The number of esters is 1. The number of ether oxygens (including phenoxy) is 3. The molecule has 21 heteroatoms. The van der Waals surface area contributed by atoms with Crippen LogP contribution in [0.4, 0.5) is 50.8 Å². The van der Waals surface area contributed by atoms with Crippen LogP contribution in [-0.2, 0) is 14.3 Å². The minimum Gasteiger partial charge on any atom is -0.507 e. The number of para-hydroxylation sites is 1. The Kier molecular flexibility index (Phi) is 17.7. The molecule has 0 aliphatic rings. The maximum Gasteiger partial charge on any atom is 0.471 e. The van der Waals surface area contributed by atoms with Crippen molar-refractivity contribution in [3.63, 3.8) is 0 Å². The fraction of sp³-hybridized carbons (Fsp3) is 0.152. The van der Waals surface area contributed by atoms with Crippen LogP contribution in [0, 0.1) is 5.82 Å². The number of nitrogens with zero attached hydrogens (tertiary/aromatic N) is 1. The van der Waals surface area contributed by atoms with Crippen molar-refractivity contribution in [3.05, 3.63) is 150 Å². The van der Waals surface area contributed by atoms with E-state index in [-0.39, 0.29) is 45.7 Å². The van der Waals surface area contributed by atoms with Crippen LogP contribution >= 0.6 is 0 Å². The monoisotopic (exact) mass is 930 g/mol. The van der Waals surface area contributed by atoms with Crippen LogP contribution in [0.3, 0.4) is 0 Å². The SMILES string of the molecule is CC(C)(C)OC(=O)Nc1ccc(NC(=O)c2ccno2)cc1.COc1cc(NC(C)=O)ccc1NC(=O)C(F)(F)F.O=C(Oc1ccccc1)c1ccc(NC(=O)c2ccccc2F)cc1O. The number of rotatable bonds is 10. The van der Waals surface area contributed by atoms with Crippen LogP contribution in [0.1, 0.15) is 59.0 Å². The zero-order valence-electron chi connectivity index (χ0n) is 36.1. The van der Waals surface area contributed by atoms with E-state index in [4.69, 9.17) is 18.7 Å². The van der Waals surface area contributed by atoms with Gasteiger partial charge in [-0.15, -0.1) is 0 Å². The number of hydrogen-bond donors (Lipinski definition) is 6. The number of aromatic hydroxyl groups is 1. The molecule has 67 heavy (non-hydrogen) atoms. The van der Waals surface area contributed by atoms with E-state index in [2.05, 4.69) is 26.4 Å². The molecule has 0 fully saturated rings. The molecule has 0 bridgehead atoms. The van der Waals surface area contributed by atoms with Crippen molar-refractivity contribution < 1.29 is 70.2 Å². The number of hydrogen-bond acceptors (Lipinski definition) is 12. The molecule has 6 rings (SSSR count). The highest BCUT2D eigenvalue weighted by atomic mass is 19.4. The Labute approximate surface area is 379 Å². The molecule has 5 amide bonds. The summed E-state index contributed by atoms with van der Waals surface area (Å²) >= 11 is 0. The number of anilines is 5. The predicted octanol–water partition coefficient (Wildman–Crippen LogP) is 9.43. The van der Waals surface area contributed by atoms with Gasteiger partial charge in [0.05, 0.1) is 24.6 Å². The molecule has 0 saturated carbocycles. The Morgan fingerprint density at radius 3 is 1.81 bits per heavy atom. The van der Waals surface area contributed by atoms with Gasteiger partial charge < -0.3 is 45.1 Å². The summed E-state index contributed by atoms with van der Waals surface area (Å²) in [6, 6.07) is 29.8. The Morgan fingerprint density at radius 1 is 0.657 bits per heavy atom. The number of alkyl halides is 3. The number of carbonyl (C=O) groups excluding carboxylic acids is 6. The van der Waals surface area contributed by atoms with Gasteiger partial charge >= 0.3 is 24.1 Å². The minimum absolute atomic E-state index is 0.00356. The molecule has 6 aromatic rings. The molecule has 0 spiro atoms. The van der Waals surface area contributed by atoms with Gasteiger partial charge in [0.1, 0.15) is 34.2 Å². The van der Waals surface area contributed by atoms with Gasteiger partial charge in [-0.3, -0.25) is 24.5 Å².